The van der Waals surface area contributed by atoms with Crippen molar-refractivity contribution < 1.29 is 14.7 Å². The van der Waals surface area contributed by atoms with E-state index < -0.39 is 12.1 Å². The Labute approximate surface area is 234 Å². The summed E-state index contributed by atoms with van der Waals surface area (Å²) in [6.45, 7) is 6.91. The number of rotatable bonds is 8. The Morgan fingerprint density at radius 1 is 1.15 bits per heavy atom. The van der Waals surface area contributed by atoms with Gasteiger partial charge in [0, 0.05) is 40.3 Å². The van der Waals surface area contributed by atoms with E-state index in [1.54, 1.807) is 35.6 Å². The molecule has 3 N–H and O–H groups in total. The second-order valence-corrected chi connectivity index (χ2v) is 12.4. The molecule has 206 valence electrons. The Bertz CT molecular complexity index is 1310. The Balaban J connectivity index is 1.33. The van der Waals surface area contributed by atoms with E-state index in [-0.39, 0.29) is 29.4 Å². The largest absolute Gasteiger partial charge is 0.389 e. The van der Waals surface area contributed by atoms with Crippen LogP contribution in [-0.4, -0.2) is 57.1 Å². The lowest BCUT2D eigenvalue weighted by molar-refractivity contribution is 0.0720. The topological polar surface area (TPSA) is 94.6 Å². The molecule has 2 aromatic carbocycles. The van der Waals surface area contributed by atoms with Crippen LogP contribution < -0.4 is 10.6 Å². The number of amides is 2. The number of carbonyl (C=O) groups is 2. The maximum absolute atomic E-state index is 13.5. The molecule has 0 bridgehead atoms. The molecule has 3 heterocycles. The Hall–Kier alpha value is -3.07. The minimum Gasteiger partial charge on any atom is -0.389 e. The van der Waals surface area contributed by atoms with E-state index in [4.69, 9.17) is 0 Å². The fraction of sp³-hybridized carbons (Fsp3) is 0.452. The molecule has 8 heteroatoms. The molecule has 4 atom stereocenters. The first-order valence-electron chi connectivity index (χ1n) is 13.8. The first kappa shape index (κ1) is 27.5. The van der Waals surface area contributed by atoms with Gasteiger partial charge in [0.05, 0.1) is 18.2 Å². The van der Waals surface area contributed by atoms with Gasteiger partial charge >= 0.3 is 0 Å². The van der Waals surface area contributed by atoms with Crippen LogP contribution in [-0.2, 0) is 6.42 Å². The number of hydrogen-bond acceptors (Lipinski definition) is 6. The quantitative estimate of drug-likeness (QED) is 0.382. The average molecular weight is 547 g/mol. The molecule has 2 aliphatic rings. The highest BCUT2D eigenvalue weighted by Crippen LogP contribution is 2.35. The molecule has 0 spiro atoms. The van der Waals surface area contributed by atoms with Gasteiger partial charge in [-0.2, -0.15) is 0 Å². The molecule has 2 fully saturated rings. The normalized spacial score (nSPS) is 22.0. The summed E-state index contributed by atoms with van der Waals surface area (Å²) in [5, 5.41) is 21.0. The van der Waals surface area contributed by atoms with Crippen molar-refractivity contribution in [1.29, 1.82) is 0 Å². The SMILES string of the molecule is Cc1csc([C@H]2CCCN2C(=O)c2cccc(C(=O)N[C@@H](Cc3ccccc3)[C@@H](O)[C@H]3CCC(C)(C)N3)c2)n1. The number of likely N-dealkylation sites (tertiary alicyclic amines) is 1. The summed E-state index contributed by atoms with van der Waals surface area (Å²) in [5.41, 5.74) is 2.86. The molecule has 3 aromatic rings. The first-order valence-corrected chi connectivity index (χ1v) is 14.7. The number of aliphatic hydroxyl groups is 1. The van der Waals surface area contributed by atoms with Gasteiger partial charge in [0.1, 0.15) is 5.01 Å². The summed E-state index contributed by atoms with van der Waals surface area (Å²) in [4.78, 5) is 33.5. The maximum atomic E-state index is 13.5. The van der Waals surface area contributed by atoms with Crippen LogP contribution in [0.4, 0.5) is 0 Å². The van der Waals surface area contributed by atoms with Gasteiger partial charge in [-0.1, -0.05) is 36.4 Å². The van der Waals surface area contributed by atoms with Crippen molar-refractivity contribution in [3.63, 3.8) is 0 Å². The van der Waals surface area contributed by atoms with Gasteiger partial charge in [-0.15, -0.1) is 11.3 Å². The van der Waals surface area contributed by atoms with Crippen molar-refractivity contribution >= 4 is 23.2 Å². The first-order chi connectivity index (χ1) is 18.7. The standard InChI is InChI=1S/C31H38N4O3S/c1-20-19-39-29(32-20)26-13-8-16-35(26)30(38)23-12-7-11-22(18-23)28(37)33-25(17-21-9-5-4-6-10-21)27(36)24-14-15-31(2,3)34-24/h4-7,9-12,18-19,24-27,34,36H,8,13-17H2,1-3H3,(H,33,37)/t24-,25+,26-,27+/m1/s1. The molecular weight excluding hydrogens is 508 g/mol. The molecule has 0 saturated carbocycles. The van der Waals surface area contributed by atoms with E-state index in [9.17, 15) is 14.7 Å². The van der Waals surface area contributed by atoms with Gasteiger partial charge in [0.25, 0.3) is 11.8 Å². The predicted molar refractivity (Wildman–Crippen MR) is 154 cm³/mol. The molecule has 39 heavy (non-hydrogen) atoms. The number of aromatic nitrogens is 1. The van der Waals surface area contributed by atoms with E-state index in [1.807, 2.05) is 47.5 Å². The highest BCUT2D eigenvalue weighted by atomic mass is 32.1. The Morgan fingerprint density at radius 3 is 2.62 bits per heavy atom. The third-order valence-electron chi connectivity index (χ3n) is 7.90. The molecule has 2 aliphatic heterocycles. The van der Waals surface area contributed by atoms with Crippen molar-refractivity contribution in [3.8, 4) is 0 Å². The zero-order valence-corrected chi connectivity index (χ0v) is 23.7. The number of benzene rings is 2. The Morgan fingerprint density at radius 2 is 1.92 bits per heavy atom. The lowest BCUT2D eigenvalue weighted by Crippen LogP contribution is -2.54. The highest BCUT2D eigenvalue weighted by Gasteiger charge is 2.38. The second-order valence-electron chi connectivity index (χ2n) is 11.5. The van der Waals surface area contributed by atoms with Gasteiger partial charge in [0.2, 0.25) is 0 Å². The van der Waals surface area contributed by atoms with E-state index in [0.29, 0.717) is 24.1 Å². The van der Waals surface area contributed by atoms with Gasteiger partial charge in [-0.05, 0) is 76.6 Å². The minimum atomic E-state index is -0.757. The summed E-state index contributed by atoms with van der Waals surface area (Å²) in [5.74, 6) is -0.381. The van der Waals surface area contributed by atoms with Crippen LogP contribution in [0.2, 0.25) is 0 Å². The lowest BCUT2D eigenvalue weighted by Gasteiger charge is -2.30. The van der Waals surface area contributed by atoms with Gasteiger partial charge in [-0.25, -0.2) is 4.98 Å². The predicted octanol–water partition coefficient (Wildman–Crippen LogP) is 4.66. The maximum Gasteiger partial charge on any atom is 0.254 e. The zero-order valence-electron chi connectivity index (χ0n) is 22.9. The number of carbonyl (C=O) groups excluding carboxylic acids is 2. The summed E-state index contributed by atoms with van der Waals surface area (Å²) in [7, 11) is 0. The summed E-state index contributed by atoms with van der Waals surface area (Å²) in [6, 6.07) is 16.2. The fourth-order valence-electron chi connectivity index (χ4n) is 5.83. The number of thiazole rings is 1. The van der Waals surface area contributed by atoms with Crippen LogP contribution in [0.25, 0.3) is 0 Å². The van der Waals surface area contributed by atoms with Crippen molar-refractivity contribution in [2.24, 2.45) is 0 Å². The van der Waals surface area contributed by atoms with Crippen LogP contribution in [0, 0.1) is 6.92 Å². The van der Waals surface area contributed by atoms with Crippen molar-refractivity contribution in [2.75, 3.05) is 6.54 Å². The molecule has 7 nitrogen and oxygen atoms in total. The number of aliphatic hydroxyl groups excluding tert-OH is 1. The smallest absolute Gasteiger partial charge is 0.254 e. The monoisotopic (exact) mass is 546 g/mol. The summed E-state index contributed by atoms with van der Waals surface area (Å²) in [6.07, 6.45) is 3.38. The van der Waals surface area contributed by atoms with Gasteiger partial charge in [0.15, 0.2) is 0 Å². The van der Waals surface area contributed by atoms with E-state index in [2.05, 4.69) is 29.5 Å². The van der Waals surface area contributed by atoms with Gasteiger partial charge < -0.3 is 20.6 Å². The van der Waals surface area contributed by atoms with Crippen molar-refractivity contribution in [3.05, 3.63) is 87.4 Å². The number of nitrogens with zero attached hydrogens (tertiary/aromatic N) is 2. The molecule has 0 radical (unpaired) electrons. The van der Waals surface area contributed by atoms with Crippen LogP contribution in [0.15, 0.2) is 60.0 Å². The lowest BCUT2D eigenvalue weighted by atomic mass is 9.95. The Kier molecular flexibility index (Phi) is 8.16. The number of aryl methyl sites for hydroxylation is 1. The average Bonchev–Trinajstić information content (AvgIpc) is 3.67. The summed E-state index contributed by atoms with van der Waals surface area (Å²) < 4.78 is 0. The number of hydrogen-bond donors (Lipinski definition) is 3. The van der Waals surface area contributed by atoms with Gasteiger partial charge in [-0.3, -0.25) is 9.59 Å². The van der Waals surface area contributed by atoms with E-state index in [1.165, 1.54) is 0 Å². The highest BCUT2D eigenvalue weighted by molar-refractivity contribution is 7.09. The second kappa shape index (κ2) is 11.6. The van der Waals surface area contributed by atoms with E-state index >= 15 is 0 Å². The molecule has 5 rings (SSSR count). The zero-order chi connectivity index (χ0) is 27.6. The third-order valence-corrected chi connectivity index (χ3v) is 8.97. The minimum absolute atomic E-state index is 0.0257. The number of nitrogens with one attached hydrogen (secondary N) is 2. The molecule has 0 unspecified atom stereocenters. The van der Waals surface area contributed by atoms with E-state index in [0.717, 1.165) is 41.9 Å². The molecule has 2 amide bonds. The molecular formula is C31H38N4O3S. The van der Waals surface area contributed by atoms with Crippen molar-refractivity contribution in [2.45, 2.75) is 82.6 Å². The van der Waals surface area contributed by atoms with Crippen LogP contribution >= 0.6 is 11.3 Å². The summed E-state index contributed by atoms with van der Waals surface area (Å²) >= 11 is 1.59. The fourth-order valence-corrected chi connectivity index (χ4v) is 6.77. The van der Waals surface area contributed by atoms with Crippen LogP contribution in [0.1, 0.15) is 82.6 Å². The van der Waals surface area contributed by atoms with Crippen LogP contribution in [0.5, 0.6) is 0 Å². The molecule has 2 saturated heterocycles. The molecule has 0 aliphatic carbocycles. The third kappa shape index (κ3) is 6.40. The van der Waals surface area contributed by atoms with Crippen LogP contribution in [0.3, 0.4) is 0 Å². The molecule has 1 aromatic heterocycles. The van der Waals surface area contributed by atoms with Crippen molar-refractivity contribution in [1.82, 2.24) is 20.5 Å².